The van der Waals surface area contributed by atoms with Crippen molar-refractivity contribution < 1.29 is 14.3 Å². The van der Waals surface area contributed by atoms with Gasteiger partial charge in [-0.25, -0.2) is 15.0 Å². The van der Waals surface area contributed by atoms with Crippen LogP contribution in [0.1, 0.15) is 37.0 Å². The minimum absolute atomic E-state index is 0.0445. The summed E-state index contributed by atoms with van der Waals surface area (Å²) in [5, 5.41) is 10.1. The van der Waals surface area contributed by atoms with Crippen molar-refractivity contribution in [2.24, 2.45) is 11.1 Å². The number of anilines is 1. The van der Waals surface area contributed by atoms with Crippen molar-refractivity contribution in [2.75, 3.05) is 24.6 Å². The average molecular weight is 424 g/mol. The normalized spacial score (nSPS) is 23.2. The smallest absolute Gasteiger partial charge is 0.192 e. The summed E-state index contributed by atoms with van der Waals surface area (Å²) >= 11 is 0. The van der Waals surface area contributed by atoms with Crippen LogP contribution in [-0.4, -0.2) is 51.9 Å². The molecule has 0 unspecified atom stereocenters. The van der Waals surface area contributed by atoms with Gasteiger partial charge in [-0.2, -0.15) is 0 Å². The molecule has 5 rings (SSSR count). The van der Waals surface area contributed by atoms with Crippen LogP contribution in [0, 0.1) is 19.3 Å². The lowest BCUT2D eigenvalue weighted by molar-refractivity contribution is 0.0973. The van der Waals surface area contributed by atoms with Crippen LogP contribution in [0.25, 0.3) is 22.4 Å². The molecule has 1 spiro atoms. The number of hydrogen-bond acceptors (Lipinski definition) is 8. The number of ether oxygens (including phenoxy) is 1. The Morgan fingerprint density at radius 1 is 1.19 bits per heavy atom. The van der Waals surface area contributed by atoms with Crippen molar-refractivity contribution in [3.63, 3.8) is 0 Å². The number of aliphatic hydroxyl groups excluding tert-OH is 1. The lowest BCUT2D eigenvalue weighted by Crippen LogP contribution is -2.51. The molecule has 3 N–H and O–H groups in total. The molecule has 164 valence electrons. The molecule has 0 radical (unpaired) electrons. The van der Waals surface area contributed by atoms with E-state index in [0.717, 1.165) is 66.4 Å². The molecule has 0 bridgehead atoms. The van der Waals surface area contributed by atoms with Crippen LogP contribution in [0.2, 0.25) is 0 Å². The van der Waals surface area contributed by atoms with Crippen molar-refractivity contribution in [1.82, 2.24) is 15.0 Å². The lowest BCUT2D eigenvalue weighted by atomic mass is 9.73. The third-order valence-corrected chi connectivity index (χ3v) is 6.94. The molecule has 1 aromatic carbocycles. The molecule has 0 amide bonds. The number of oxazole rings is 1. The monoisotopic (exact) mass is 423 g/mol. The first-order chi connectivity index (χ1) is 14.9. The summed E-state index contributed by atoms with van der Waals surface area (Å²) in [6.45, 7) is 8.06. The van der Waals surface area contributed by atoms with E-state index in [2.05, 4.69) is 16.8 Å². The number of aliphatic hydroxyl groups is 1. The molecule has 31 heavy (non-hydrogen) atoms. The average Bonchev–Trinajstić information content (AvgIpc) is 3.28. The van der Waals surface area contributed by atoms with Crippen molar-refractivity contribution in [2.45, 2.75) is 52.4 Å². The minimum atomic E-state index is -0.164. The number of aryl methyl sites for hydroxylation is 2. The summed E-state index contributed by atoms with van der Waals surface area (Å²) in [6.07, 6.45) is 2.01. The van der Waals surface area contributed by atoms with E-state index in [1.807, 2.05) is 32.0 Å². The number of hydrogen-bond donors (Lipinski definition) is 2. The minimum Gasteiger partial charge on any atom is -0.441 e. The van der Waals surface area contributed by atoms with Crippen LogP contribution in [-0.2, 0) is 11.3 Å². The molecular formula is C23H29N5O3. The third kappa shape index (κ3) is 3.39. The summed E-state index contributed by atoms with van der Waals surface area (Å²) in [5.74, 6) is 1.39. The van der Waals surface area contributed by atoms with Gasteiger partial charge in [-0.05, 0) is 44.9 Å². The molecule has 2 aliphatic rings. The SMILES string of the molecule is Cc1nc2cc(-c3nc(CO)c(N4CCC5(CC4)CO[C@@H](C)[C@H]5N)nc3C)ccc2o1. The van der Waals surface area contributed by atoms with Crippen LogP contribution in [0.5, 0.6) is 0 Å². The Morgan fingerprint density at radius 3 is 2.65 bits per heavy atom. The number of benzene rings is 1. The predicted octanol–water partition coefficient (Wildman–Crippen LogP) is 2.73. The van der Waals surface area contributed by atoms with Crippen LogP contribution in [0.15, 0.2) is 22.6 Å². The highest BCUT2D eigenvalue weighted by atomic mass is 16.5. The summed E-state index contributed by atoms with van der Waals surface area (Å²) < 4.78 is 11.4. The molecule has 2 aliphatic heterocycles. The lowest BCUT2D eigenvalue weighted by Gasteiger charge is -2.42. The highest BCUT2D eigenvalue weighted by Gasteiger charge is 2.47. The number of rotatable bonds is 3. The number of nitrogens with zero attached hydrogens (tertiary/aromatic N) is 4. The largest absolute Gasteiger partial charge is 0.441 e. The fourth-order valence-corrected chi connectivity index (χ4v) is 5.00. The van der Waals surface area contributed by atoms with Crippen LogP contribution in [0.3, 0.4) is 0 Å². The molecule has 8 heteroatoms. The van der Waals surface area contributed by atoms with Gasteiger partial charge >= 0.3 is 0 Å². The second kappa shape index (κ2) is 7.55. The van der Waals surface area contributed by atoms with E-state index in [-0.39, 0.29) is 24.2 Å². The van der Waals surface area contributed by atoms with Gasteiger partial charge in [0.25, 0.3) is 0 Å². The van der Waals surface area contributed by atoms with Crippen molar-refractivity contribution >= 4 is 16.9 Å². The van der Waals surface area contributed by atoms with Gasteiger partial charge in [-0.1, -0.05) is 0 Å². The maximum absolute atomic E-state index is 10.1. The summed E-state index contributed by atoms with van der Waals surface area (Å²) in [4.78, 5) is 16.3. The van der Waals surface area contributed by atoms with Gasteiger partial charge in [0.05, 0.1) is 30.7 Å². The molecule has 2 fully saturated rings. The summed E-state index contributed by atoms with van der Waals surface area (Å²) in [5.41, 5.74) is 11.1. The first-order valence-corrected chi connectivity index (χ1v) is 10.9. The van der Waals surface area contributed by atoms with E-state index in [1.54, 1.807) is 0 Å². The molecule has 4 heterocycles. The van der Waals surface area contributed by atoms with Gasteiger partial charge in [0.2, 0.25) is 0 Å². The summed E-state index contributed by atoms with van der Waals surface area (Å²) in [6, 6.07) is 5.88. The van der Waals surface area contributed by atoms with E-state index >= 15 is 0 Å². The zero-order chi connectivity index (χ0) is 21.8. The van der Waals surface area contributed by atoms with Crippen LogP contribution in [0.4, 0.5) is 5.82 Å². The van der Waals surface area contributed by atoms with E-state index < -0.39 is 0 Å². The molecule has 3 aromatic rings. The van der Waals surface area contributed by atoms with E-state index in [0.29, 0.717) is 11.6 Å². The Labute approximate surface area is 181 Å². The topological polar surface area (TPSA) is 111 Å². The Hall–Kier alpha value is -2.55. The second-order valence-electron chi connectivity index (χ2n) is 8.89. The first-order valence-electron chi connectivity index (χ1n) is 10.9. The van der Waals surface area contributed by atoms with E-state index in [9.17, 15) is 5.11 Å². The highest BCUT2D eigenvalue weighted by molar-refractivity contribution is 5.80. The molecule has 0 saturated carbocycles. The van der Waals surface area contributed by atoms with Gasteiger partial charge in [-0.3, -0.25) is 0 Å². The third-order valence-electron chi connectivity index (χ3n) is 6.94. The quantitative estimate of drug-likeness (QED) is 0.662. The first kappa shape index (κ1) is 20.4. The molecule has 2 atom stereocenters. The molecule has 0 aliphatic carbocycles. The van der Waals surface area contributed by atoms with Gasteiger partial charge in [-0.15, -0.1) is 0 Å². The Balaban J connectivity index is 1.43. The number of fused-ring (bicyclic) bond motifs is 1. The fourth-order valence-electron chi connectivity index (χ4n) is 5.00. The van der Waals surface area contributed by atoms with Crippen LogP contribution < -0.4 is 10.6 Å². The van der Waals surface area contributed by atoms with Gasteiger partial charge in [0.1, 0.15) is 11.2 Å². The number of nitrogens with two attached hydrogens (primary N) is 1. The molecule has 2 aromatic heterocycles. The van der Waals surface area contributed by atoms with Crippen molar-refractivity contribution in [3.05, 3.63) is 35.5 Å². The zero-order valence-corrected chi connectivity index (χ0v) is 18.3. The zero-order valence-electron chi connectivity index (χ0n) is 18.3. The van der Waals surface area contributed by atoms with Crippen molar-refractivity contribution in [3.8, 4) is 11.3 Å². The van der Waals surface area contributed by atoms with E-state index in [4.69, 9.17) is 24.9 Å². The van der Waals surface area contributed by atoms with Gasteiger partial charge < -0.3 is 24.9 Å². The molecular weight excluding hydrogens is 394 g/mol. The maximum atomic E-state index is 10.1. The Morgan fingerprint density at radius 2 is 1.97 bits per heavy atom. The highest BCUT2D eigenvalue weighted by Crippen LogP contribution is 2.42. The van der Waals surface area contributed by atoms with Gasteiger partial charge in [0.15, 0.2) is 17.3 Å². The van der Waals surface area contributed by atoms with Crippen molar-refractivity contribution in [1.29, 1.82) is 0 Å². The summed E-state index contributed by atoms with van der Waals surface area (Å²) in [7, 11) is 0. The predicted molar refractivity (Wildman–Crippen MR) is 118 cm³/mol. The second-order valence-corrected chi connectivity index (χ2v) is 8.89. The Kier molecular flexibility index (Phi) is 4.96. The molecule has 2 saturated heterocycles. The Bertz CT molecular complexity index is 1120. The maximum Gasteiger partial charge on any atom is 0.192 e. The standard InChI is InChI=1S/C23H29N5O3/c1-13-20(16-4-5-19-17(10-16)26-15(3)31-19)27-18(11-29)22(25-13)28-8-6-23(7-9-28)12-30-14(2)21(23)24/h4-5,10,14,21,29H,6-9,11-12,24H2,1-3H3/t14-,21+/m0/s1. The van der Waals surface area contributed by atoms with Crippen LogP contribution >= 0.6 is 0 Å². The van der Waals surface area contributed by atoms with Gasteiger partial charge in [0, 0.05) is 37.0 Å². The number of piperidine rings is 1. The molecule has 8 nitrogen and oxygen atoms in total. The number of aromatic nitrogens is 3. The van der Waals surface area contributed by atoms with E-state index in [1.165, 1.54) is 0 Å². The fraction of sp³-hybridized carbons (Fsp3) is 0.522.